The van der Waals surface area contributed by atoms with Gasteiger partial charge < -0.3 is 9.15 Å². The SMILES string of the molecule is Cc1oc(-c2ccccc2)nc1COc1ccc(CCc2nnn[nH]2)cc1. The summed E-state index contributed by atoms with van der Waals surface area (Å²) in [5, 5.41) is 13.8. The fraction of sp³-hybridized carbons (Fsp3) is 0.200. The highest BCUT2D eigenvalue weighted by Crippen LogP contribution is 2.22. The lowest BCUT2D eigenvalue weighted by Crippen LogP contribution is -1.98. The van der Waals surface area contributed by atoms with E-state index in [2.05, 4.69) is 25.6 Å². The number of aromatic nitrogens is 5. The molecule has 0 radical (unpaired) electrons. The molecular weight excluding hydrogens is 342 g/mol. The van der Waals surface area contributed by atoms with E-state index in [-0.39, 0.29) is 0 Å². The normalized spacial score (nSPS) is 10.9. The molecule has 0 amide bonds. The van der Waals surface area contributed by atoms with E-state index in [1.807, 2.05) is 61.5 Å². The molecule has 27 heavy (non-hydrogen) atoms. The molecule has 0 atom stereocenters. The van der Waals surface area contributed by atoms with Crippen LogP contribution < -0.4 is 4.74 Å². The lowest BCUT2D eigenvalue weighted by atomic mass is 10.1. The first-order valence-corrected chi connectivity index (χ1v) is 8.74. The van der Waals surface area contributed by atoms with Crippen LogP contribution in [0.1, 0.15) is 22.8 Å². The van der Waals surface area contributed by atoms with Crippen molar-refractivity contribution in [2.45, 2.75) is 26.4 Å². The third-order valence-electron chi connectivity index (χ3n) is 4.25. The number of benzene rings is 2. The van der Waals surface area contributed by atoms with Crippen LogP contribution in [0, 0.1) is 6.92 Å². The number of tetrazole rings is 1. The number of hydrogen-bond donors (Lipinski definition) is 1. The minimum Gasteiger partial charge on any atom is -0.487 e. The van der Waals surface area contributed by atoms with Gasteiger partial charge in [-0.2, -0.15) is 0 Å². The molecular formula is C20H19N5O2. The number of H-pyrrole nitrogens is 1. The van der Waals surface area contributed by atoms with Gasteiger partial charge in [-0.1, -0.05) is 30.3 Å². The Morgan fingerprint density at radius 3 is 2.56 bits per heavy atom. The zero-order chi connectivity index (χ0) is 18.5. The van der Waals surface area contributed by atoms with E-state index in [0.717, 1.165) is 41.4 Å². The molecule has 2 heterocycles. The minimum absolute atomic E-state index is 0.366. The summed E-state index contributed by atoms with van der Waals surface area (Å²) < 4.78 is 11.6. The molecule has 7 heteroatoms. The summed E-state index contributed by atoms with van der Waals surface area (Å²) >= 11 is 0. The van der Waals surface area contributed by atoms with E-state index in [1.54, 1.807) is 0 Å². The van der Waals surface area contributed by atoms with Crippen molar-refractivity contribution in [1.82, 2.24) is 25.6 Å². The molecule has 136 valence electrons. The first-order chi connectivity index (χ1) is 13.3. The Kier molecular flexibility index (Phi) is 4.91. The van der Waals surface area contributed by atoms with Crippen LogP contribution in [0.4, 0.5) is 0 Å². The summed E-state index contributed by atoms with van der Waals surface area (Å²) in [5.74, 6) is 2.96. The van der Waals surface area contributed by atoms with Crippen molar-refractivity contribution in [3.8, 4) is 17.2 Å². The van der Waals surface area contributed by atoms with Crippen molar-refractivity contribution in [3.05, 3.63) is 77.4 Å². The zero-order valence-electron chi connectivity index (χ0n) is 14.9. The topological polar surface area (TPSA) is 89.7 Å². The lowest BCUT2D eigenvalue weighted by Gasteiger charge is -2.06. The van der Waals surface area contributed by atoms with Gasteiger partial charge in [0.25, 0.3) is 0 Å². The first kappa shape index (κ1) is 17.0. The number of oxazole rings is 1. The number of ether oxygens (including phenoxy) is 1. The van der Waals surface area contributed by atoms with Crippen LogP contribution in [0.3, 0.4) is 0 Å². The van der Waals surface area contributed by atoms with E-state index in [1.165, 1.54) is 5.56 Å². The molecule has 0 bridgehead atoms. The molecule has 4 aromatic rings. The Hall–Kier alpha value is -3.48. The molecule has 0 fully saturated rings. The molecule has 0 saturated heterocycles. The maximum Gasteiger partial charge on any atom is 0.226 e. The van der Waals surface area contributed by atoms with E-state index < -0.39 is 0 Å². The smallest absolute Gasteiger partial charge is 0.226 e. The van der Waals surface area contributed by atoms with Gasteiger partial charge in [-0.3, -0.25) is 0 Å². The van der Waals surface area contributed by atoms with E-state index in [4.69, 9.17) is 9.15 Å². The highest BCUT2D eigenvalue weighted by atomic mass is 16.5. The third-order valence-corrected chi connectivity index (χ3v) is 4.25. The zero-order valence-corrected chi connectivity index (χ0v) is 14.9. The molecule has 1 N–H and O–H groups in total. The van der Waals surface area contributed by atoms with Gasteiger partial charge in [0.15, 0.2) is 0 Å². The highest BCUT2D eigenvalue weighted by molar-refractivity contribution is 5.53. The fourth-order valence-corrected chi connectivity index (χ4v) is 2.72. The van der Waals surface area contributed by atoms with Gasteiger partial charge in [-0.05, 0) is 53.6 Å². The second kappa shape index (κ2) is 7.82. The minimum atomic E-state index is 0.366. The van der Waals surface area contributed by atoms with Crippen LogP contribution in [0.15, 0.2) is 59.0 Å². The number of nitrogens with one attached hydrogen (secondary N) is 1. The van der Waals surface area contributed by atoms with Crippen LogP contribution >= 0.6 is 0 Å². The molecule has 0 aliphatic carbocycles. The number of hydrogen-bond acceptors (Lipinski definition) is 6. The van der Waals surface area contributed by atoms with Crippen LogP contribution in [-0.4, -0.2) is 25.6 Å². The predicted octanol–water partition coefficient (Wildman–Crippen LogP) is 3.53. The van der Waals surface area contributed by atoms with Gasteiger partial charge in [-0.25, -0.2) is 10.1 Å². The molecule has 0 aliphatic heterocycles. The van der Waals surface area contributed by atoms with Crippen molar-refractivity contribution in [2.24, 2.45) is 0 Å². The summed E-state index contributed by atoms with van der Waals surface area (Å²) in [4.78, 5) is 4.56. The molecule has 0 unspecified atom stereocenters. The molecule has 0 aliphatic rings. The Bertz CT molecular complexity index is 979. The summed E-state index contributed by atoms with van der Waals surface area (Å²) in [6.45, 7) is 2.27. The van der Waals surface area contributed by atoms with E-state index in [0.29, 0.717) is 12.5 Å². The maximum absolute atomic E-state index is 5.87. The lowest BCUT2D eigenvalue weighted by molar-refractivity contribution is 0.299. The second-order valence-electron chi connectivity index (χ2n) is 6.17. The van der Waals surface area contributed by atoms with Crippen LogP contribution in [0.5, 0.6) is 5.75 Å². The third kappa shape index (κ3) is 4.20. The molecule has 0 spiro atoms. The summed E-state index contributed by atoms with van der Waals surface area (Å²) in [7, 11) is 0. The fourth-order valence-electron chi connectivity index (χ4n) is 2.72. The maximum atomic E-state index is 5.87. The Morgan fingerprint density at radius 2 is 1.81 bits per heavy atom. The van der Waals surface area contributed by atoms with Gasteiger partial charge in [0.05, 0.1) is 0 Å². The standard InChI is InChI=1S/C20H19N5O2/c1-14-18(21-20(27-14)16-5-3-2-4-6-16)13-26-17-10-7-15(8-11-17)9-12-19-22-24-25-23-19/h2-8,10-11H,9,12-13H2,1H3,(H,22,23,24,25). The van der Waals surface area contributed by atoms with Crippen LogP contribution in [0.25, 0.3) is 11.5 Å². The Balaban J connectivity index is 1.35. The van der Waals surface area contributed by atoms with E-state index in [9.17, 15) is 0 Å². The van der Waals surface area contributed by atoms with E-state index >= 15 is 0 Å². The Morgan fingerprint density at radius 1 is 1.00 bits per heavy atom. The van der Waals surface area contributed by atoms with Crippen LogP contribution in [0.2, 0.25) is 0 Å². The summed E-state index contributed by atoms with van der Waals surface area (Å²) in [6, 6.07) is 17.9. The van der Waals surface area contributed by atoms with Crippen molar-refractivity contribution in [1.29, 1.82) is 0 Å². The molecule has 2 aromatic carbocycles. The van der Waals surface area contributed by atoms with Crippen molar-refractivity contribution < 1.29 is 9.15 Å². The monoisotopic (exact) mass is 361 g/mol. The van der Waals surface area contributed by atoms with Gasteiger partial charge >= 0.3 is 0 Å². The summed E-state index contributed by atoms with van der Waals surface area (Å²) in [6.07, 6.45) is 1.63. The number of rotatable bonds is 7. The quantitative estimate of drug-likeness (QED) is 0.542. The van der Waals surface area contributed by atoms with Gasteiger partial charge in [0.1, 0.15) is 29.6 Å². The molecule has 0 saturated carbocycles. The predicted molar refractivity (Wildman–Crippen MR) is 99.0 cm³/mol. The molecule has 4 rings (SSSR count). The number of nitrogens with zero attached hydrogens (tertiary/aromatic N) is 4. The molecule has 2 aromatic heterocycles. The van der Waals surface area contributed by atoms with Gasteiger partial charge in [0.2, 0.25) is 5.89 Å². The van der Waals surface area contributed by atoms with Crippen molar-refractivity contribution in [3.63, 3.8) is 0 Å². The van der Waals surface area contributed by atoms with Crippen LogP contribution in [-0.2, 0) is 19.4 Å². The number of aromatic amines is 1. The first-order valence-electron chi connectivity index (χ1n) is 8.74. The average Bonchev–Trinajstić information content (AvgIpc) is 3.36. The largest absolute Gasteiger partial charge is 0.487 e. The molecule has 7 nitrogen and oxygen atoms in total. The number of aryl methyl sites for hydroxylation is 3. The van der Waals surface area contributed by atoms with Gasteiger partial charge in [0, 0.05) is 12.0 Å². The summed E-state index contributed by atoms with van der Waals surface area (Å²) in [5.41, 5.74) is 2.96. The van der Waals surface area contributed by atoms with Gasteiger partial charge in [-0.15, -0.1) is 5.10 Å². The van der Waals surface area contributed by atoms with Crippen molar-refractivity contribution >= 4 is 0 Å². The average molecular weight is 361 g/mol. The van der Waals surface area contributed by atoms with Crippen molar-refractivity contribution in [2.75, 3.05) is 0 Å². The highest BCUT2D eigenvalue weighted by Gasteiger charge is 2.11. The second-order valence-corrected chi connectivity index (χ2v) is 6.17. The Labute approximate surface area is 156 Å².